The zero-order valence-corrected chi connectivity index (χ0v) is 12.9. The number of carbonyl (C=O) groups is 1. The monoisotopic (exact) mass is 300 g/mol. The van der Waals surface area contributed by atoms with Gasteiger partial charge in [-0.1, -0.05) is 22.9 Å². The molecule has 3 rings (SSSR count). The first-order valence-electron chi connectivity index (χ1n) is 7.52. The van der Waals surface area contributed by atoms with Crippen molar-refractivity contribution in [3.8, 4) is 11.5 Å². The van der Waals surface area contributed by atoms with Gasteiger partial charge in [0.05, 0.1) is 6.42 Å². The Morgan fingerprint density at radius 3 is 2.91 bits per heavy atom. The van der Waals surface area contributed by atoms with Crippen molar-refractivity contribution in [1.29, 1.82) is 0 Å². The fraction of sp³-hybridized carbons (Fsp3) is 0.438. The van der Waals surface area contributed by atoms with Crippen LogP contribution in [-0.4, -0.2) is 46.6 Å². The second-order valence-electron chi connectivity index (χ2n) is 5.75. The fourth-order valence-corrected chi connectivity index (χ4v) is 2.55. The van der Waals surface area contributed by atoms with E-state index in [1.807, 2.05) is 36.1 Å². The number of piperazine rings is 1. The number of aromatic nitrogens is 2. The highest BCUT2D eigenvalue weighted by Gasteiger charge is 2.22. The summed E-state index contributed by atoms with van der Waals surface area (Å²) in [6.07, 6.45) is 0.183. The van der Waals surface area contributed by atoms with E-state index in [1.165, 1.54) is 5.56 Å². The van der Waals surface area contributed by atoms with E-state index in [4.69, 9.17) is 4.52 Å². The van der Waals surface area contributed by atoms with Gasteiger partial charge in [0.1, 0.15) is 0 Å². The number of nitrogens with zero attached hydrogens (tertiary/aromatic N) is 3. The van der Waals surface area contributed by atoms with Crippen LogP contribution in [0.5, 0.6) is 0 Å². The minimum atomic E-state index is 0.0459. The van der Waals surface area contributed by atoms with E-state index in [9.17, 15) is 4.79 Å². The molecule has 1 saturated heterocycles. The van der Waals surface area contributed by atoms with E-state index in [1.54, 1.807) is 0 Å². The molecule has 2 aromatic rings. The van der Waals surface area contributed by atoms with Crippen molar-refractivity contribution in [3.63, 3.8) is 0 Å². The summed E-state index contributed by atoms with van der Waals surface area (Å²) < 4.78 is 5.26. The molecule has 0 bridgehead atoms. The van der Waals surface area contributed by atoms with Crippen LogP contribution in [-0.2, 0) is 11.2 Å². The summed E-state index contributed by atoms with van der Waals surface area (Å²) in [7, 11) is 0. The number of carbonyl (C=O) groups excluding carboxylic acids is 1. The van der Waals surface area contributed by atoms with Gasteiger partial charge in [0.15, 0.2) is 5.82 Å². The molecule has 6 nitrogen and oxygen atoms in total. The van der Waals surface area contributed by atoms with E-state index in [0.717, 1.165) is 25.2 Å². The maximum Gasteiger partial charge on any atom is 0.257 e. The van der Waals surface area contributed by atoms with Crippen LogP contribution < -0.4 is 5.32 Å². The van der Waals surface area contributed by atoms with Gasteiger partial charge in [-0.2, -0.15) is 4.98 Å². The van der Waals surface area contributed by atoms with Gasteiger partial charge in [-0.05, 0) is 26.0 Å². The van der Waals surface area contributed by atoms with Gasteiger partial charge < -0.3 is 14.7 Å². The van der Waals surface area contributed by atoms with E-state index in [-0.39, 0.29) is 12.3 Å². The number of hydrogen-bond donors (Lipinski definition) is 1. The lowest BCUT2D eigenvalue weighted by Gasteiger charge is -2.31. The van der Waals surface area contributed by atoms with Crippen LogP contribution in [0.25, 0.3) is 11.5 Å². The SMILES string of the molecule is Cc1ccc(-c2nc(CC(=O)N3CCNC(C)C3)no2)cc1. The van der Waals surface area contributed by atoms with Gasteiger partial charge in [-0.25, -0.2) is 0 Å². The summed E-state index contributed by atoms with van der Waals surface area (Å²) in [4.78, 5) is 18.5. The molecule has 0 spiro atoms. The molecule has 1 aliphatic heterocycles. The van der Waals surface area contributed by atoms with Crippen molar-refractivity contribution in [1.82, 2.24) is 20.4 Å². The van der Waals surface area contributed by atoms with Gasteiger partial charge in [-0.3, -0.25) is 4.79 Å². The van der Waals surface area contributed by atoms with Crippen molar-refractivity contribution in [3.05, 3.63) is 35.7 Å². The molecule has 1 fully saturated rings. The van der Waals surface area contributed by atoms with Crippen LogP contribution in [0.4, 0.5) is 0 Å². The summed E-state index contributed by atoms with van der Waals surface area (Å²) >= 11 is 0. The number of aryl methyl sites for hydroxylation is 1. The summed E-state index contributed by atoms with van der Waals surface area (Å²) in [6.45, 7) is 6.38. The van der Waals surface area contributed by atoms with Crippen molar-refractivity contribution in [2.75, 3.05) is 19.6 Å². The van der Waals surface area contributed by atoms with E-state index < -0.39 is 0 Å². The van der Waals surface area contributed by atoms with Crippen molar-refractivity contribution in [2.45, 2.75) is 26.3 Å². The topological polar surface area (TPSA) is 71.3 Å². The molecule has 1 aromatic heterocycles. The van der Waals surface area contributed by atoms with Gasteiger partial charge >= 0.3 is 0 Å². The third-order valence-electron chi connectivity index (χ3n) is 3.80. The molecule has 1 atom stereocenters. The lowest BCUT2D eigenvalue weighted by atomic mass is 10.1. The lowest BCUT2D eigenvalue weighted by molar-refractivity contribution is -0.131. The zero-order valence-electron chi connectivity index (χ0n) is 12.9. The molecule has 2 heterocycles. The van der Waals surface area contributed by atoms with Crippen LogP contribution in [0, 0.1) is 6.92 Å². The zero-order chi connectivity index (χ0) is 15.5. The van der Waals surface area contributed by atoms with Gasteiger partial charge in [-0.15, -0.1) is 0 Å². The second kappa shape index (κ2) is 6.27. The van der Waals surface area contributed by atoms with Crippen molar-refractivity contribution < 1.29 is 9.32 Å². The molecule has 1 aliphatic rings. The average Bonchev–Trinajstić information content (AvgIpc) is 2.96. The largest absolute Gasteiger partial charge is 0.339 e. The minimum absolute atomic E-state index is 0.0459. The Morgan fingerprint density at radius 1 is 1.41 bits per heavy atom. The molecular weight excluding hydrogens is 280 g/mol. The lowest BCUT2D eigenvalue weighted by Crippen LogP contribution is -2.51. The molecule has 1 N–H and O–H groups in total. The predicted molar refractivity (Wildman–Crippen MR) is 82.2 cm³/mol. The van der Waals surface area contributed by atoms with Crippen molar-refractivity contribution >= 4 is 5.91 Å². The van der Waals surface area contributed by atoms with Gasteiger partial charge in [0.25, 0.3) is 5.89 Å². The third kappa shape index (κ3) is 3.33. The summed E-state index contributed by atoms with van der Waals surface area (Å²) in [6, 6.07) is 8.18. The van der Waals surface area contributed by atoms with E-state index >= 15 is 0 Å². The number of nitrogens with one attached hydrogen (secondary N) is 1. The molecule has 1 amide bonds. The van der Waals surface area contributed by atoms with Gasteiger partial charge in [0, 0.05) is 31.2 Å². The summed E-state index contributed by atoms with van der Waals surface area (Å²) in [5.74, 6) is 0.938. The van der Waals surface area contributed by atoms with Crippen LogP contribution in [0.15, 0.2) is 28.8 Å². The fourth-order valence-electron chi connectivity index (χ4n) is 2.55. The number of hydrogen-bond acceptors (Lipinski definition) is 5. The number of benzene rings is 1. The third-order valence-corrected chi connectivity index (χ3v) is 3.80. The maximum atomic E-state index is 12.3. The second-order valence-corrected chi connectivity index (χ2v) is 5.75. The Kier molecular flexibility index (Phi) is 4.20. The summed E-state index contributed by atoms with van der Waals surface area (Å²) in [5, 5.41) is 7.24. The Labute approximate surface area is 129 Å². The molecule has 116 valence electrons. The molecule has 22 heavy (non-hydrogen) atoms. The molecule has 0 saturated carbocycles. The highest BCUT2D eigenvalue weighted by molar-refractivity contribution is 5.78. The molecule has 1 aromatic carbocycles. The van der Waals surface area contributed by atoms with Crippen LogP contribution in [0.1, 0.15) is 18.3 Å². The van der Waals surface area contributed by atoms with Gasteiger partial charge in [0.2, 0.25) is 5.91 Å². The predicted octanol–water partition coefficient (Wildman–Crippen LogP) is 1.41. The van der Waals surface area contributed by atoms with Crippen LogP contribution in [0.2, 0.25) is 0 Å². The Bertz CT molecular complexity index is 650. The Balaban J connectivity index is 1.66. The Morgan fingerprint density at radius 2 is 2.18 bits per heavy atom. The van der Waals surface area contributed by atoms with Crippen molar-refractivity contribution in [2.24, 2.45) is 0 Å². The molecule has 6 heteroatoms. The van der Waals surface area contributed by atoms with Crippen LogP contribution >= 0.6 is 0 Å². The highest BCUT2D eigenvalue weighted by atomic mass is 16.5. The first kappa shape index (κ1) is 14.7. The molecule has 0 radical (unpaired) electrons. The molecular formula is C16H20N4O2. The first-order chi connectivity index (χ1) is 10.6. The standard InChI is InChI=1S/C16H20N4O2/c1-11-3-5-13(6-4-11)16-18-14(19-22-16)9-15(21)20-8-7-17-12(2)10-20/h3-6,12,17H,7-10H2,1-2H3. The quantitative estimate of drug-likeness (QED) is 0.928. The molecule has 1 unspecified atom stereocenters. The van der Waals surface area contributed by atoms with E-state index in [2.05, 4.69) is 22.4 Å². The smallest absolute Gasteiger partial charge is 0.257 e. The maximum absolute atomic E-state index is 12.3. The summed E-state index contributed by atoms with van der Waals surface area (Å²) in [5.41, 5.74) is 2.04. The minimum Gasteiger partial charge on any atom is -0.339 e. The first-order valence-corrected chi connectivity index (χ1v) is 7.52. The Hall–Kier alpha value is -2.21. The molecule has 0 aliphatic carbocycles. The normalized spacial score (nSPS) is 18.5. The van der Waals surface area contributed by atoms with Crippen LogP contribution in [0.3, 0.4) is 0 Å². The van der Waals surface area contributed by atoms with E-state index in [0.29, 0.717) is 17.8 Å². The number of amides is 1. The highest BCUT2D eigenvalue weighted by Crippen LogP contribution is 2.17. The average molecular weight is 300 g/mol. The number of rotatable bonds is 3.